The number of rotatable bonds is 18. The molecule has 0 nitrogen and oxygen atoms in total. The van der Waals surface area contributed by atoms with Crippen molar-refractivity contribution in [3.63, 3.8) is 0 Å². The van der Waals surface area contributed by atoms with Crippen LogP contribution in [0.4, 0.5) is 79.0 Å². The molecule has 0 radical (unpaired) electrons. The van der Waals surface area contributed by atoms with E-state index in [-0.39, 0.29) is 56.1 Å². The first-order valence-electron chi connectivity index (χ1n) is 38.4. The third kappa shape index (κ3) is 19.3. The average molecular weight is 1740 g/mol. The summed E-state index contributed by atoms with van der Waals surface area (Å²) in [6.07, 6.45) is -30.7. The van der Waals surface area contributed by atoms with E-state index in [1.807, 2.05) is 0 Å². The quantitative estimate of drug-likeness (QED) is 0.0593. The molecule has 616 valence electrons. The van der Waals surface area contributed by atoms with E-state index in [2.05, 4.69) is 194 Å². The largest absolute Gasteiger partial charge is 0.416 e. The highest BCUT2D eigenvalue weighted by Crippen LogP contribution is 2.54. The molecule has 0 aliphatic heterocycles. The van der Waals surface area contributed by atoms with E-state index in [4.69, 9.17) is 0 Å². The van der Waals surface area contributed by atoms with Crippen molar-refractivity contribution < 1.29 is 79.0 Å². The zero-order valence-electron chi connectivity index (χ0n) is 64.8. The van der Waals surface area contributed by atoms with Crippen LogP contribution in [-0.2, 0) is 61.7 Å². The van der Waals surface area contributed by atoms with Gasteiger partial charge in [-0.25, -0.2) is 0 Å². The lowest BCUT2D eigenvalue weighted by atomic mass is 9.88. The minimum Gasteiger partial charge on any atom is -0.166 e. The summed E-state index contributed by atoms with van der Waals surface area (Å²) in [6.45, 7) is 2.52. The van der Waals surface area contributed by atoms with Gasteiger partial charge in [0, 0.05) is 24.6 Å². The molecule has 0 saturated carbocycles. The van der Waals surface area contributed by atoms with Crippen LogP contribution in [0.25, 0.3) is 65.3 Å². The number of hydrogen-bond donors (Lipinski definition) is 0. The molecule has 0 N–H and O–H groups in total. The fourth-order valence-electron chi connectivity index (χ4n) is 15.8. The van der Waals surface area contributed by atoms with Gasteiger partial charge in [-0.15, -0.1) is 0 Å². The Labute approximate surface area is 696 Å². The molecule has 22 heteroatoms. The normalized spacial score (nSPS) is 13.0. The van der Waals surface area contributed by atoms with E-state index in [1.54, 1.807) is 60.7 Å². The number of halogens is 18. The molecule has 0 fully saturated rings. The van der Waals surface area contributed by atoms with Gasteiger partial charge >= 0.3 is 37.1 Å². The van der Waals surface area contributed by atoms with E-state index in [1.165, 1.54) is 103 Å². The molecule has 2 unspecified atom stereocenters. The molecule has 2 atom stereocenters. The van der Waals surface area contributed by atoms with Crippen molar-refractivity contribution in [2.45, 2.75) is 75.6 Å². The Hall–Kier alpha value is -11.0. The molecule has 0 aromatic heterocycles. The summed E-state index contributed by atoms with van der Waals surface area (Å²) in [6, 6.07) is 97.6. The van der Waals surface area contributed by atoms with E-state index in [0.717, 1.165) is 24.5 Å². The summed E-state index contributed by atoms with van der Waals surface area (Å²) in [7, 11) is -6.66. The Morgan fingerprint density at radius 3 is 0.574 bits per heavy atom. The van der Waals surface area contributed by atoms with Gasteiger partial charge in [-0.1, -0.05) is 279 Å². The highest BCUT2D eigenvalue weighted by molar-refractivity contribution is 7.73. The van der Waals surface area contributed by atoms with Crippen LogP contribution in [-0.4, -0.2) is 0 Å². The minimum absolute atomic E-state index is 0.0399. The van der Waals surface area contributed by atoms with Gasteiger partial charge in [-0.05, 0) is 247 Å². The first-order valence-corrected chi connectivity index (χ1v) is 44.5. The summed E-state index contributed by atoms with van der Waals surface area (Å²) in [5, 5.41) is 10.7. The second kappa shape index (κ2) is 35.1. The SMILES string of the molecule is Cc1cc(P(Cc2ccc3ccccc3c2-c2c(CP(c3cc(C)cc(C(F)(F)F)c3)c3cc(C(F)(F)F)cc(C(F)(F)F)c3)ccc3ccccc23)c2cc(C(F)(F)F)cc(C(F)(F)F)c2)cc(C(F)(F)F)c1.c1ccc(P(Cc2ccc3ccccc3c2-c2c(CP(c3ccccc3)c3ccccc3)ccc3ccccc23)c2ccccc2)cc1. The fourth-order valence-corrected chi connectivity index (χ4v) is 25.5. The number of fused-ring (bicyclic) bond motifs is 4. The molecule has 0 bridgehead atoms. The van der Waals surface area contributed by atoms with Gasteiger partial charge in [0.05, 0.1) is 33.4 Å². The molecular weight excluding hydrogens is 1670 g/mol. The maximum Gasteiger partial charge on any atom is 0.416 e. The van der Waals surface area contributed by atoms with Crippen LogP contribution < -0.4 is 42.4 Å². The summed E-state index contributed by atoms with van der Waals surface area (Å²) in [4.78, 5) is 0. The van der Waals surface area contributed by atoms with E-state index < -0.39 is 125 Å². The van der Waals surface area contributed by atoms with Crippen LogP contribution in [0.2, 0.25) is 0 Å². The topological polar surface area (TPSA) is 0 Å². The standard InChI is InChI=1S/C54H34F18P2.C46H36P2/c1-29-15-35(49(55,56)57)21-41(17-29)73(43-23-37(51(61,62)63)19-38(24-43)52(64,65)66)27-33-13-11-31-7-3-5-9-45(31)47(33)48-34(14-12-32-8-4-6-10-46(32)48)28-74(42-18-30(2)16-36(22-42)50(58,59)60)44-25-39(53(67,68)69)20-40(26-44)54(70,71)72;1-5-19-39(20-6-1)47(40-21-7-2-8-22-40)33-37-31-29-35-17-13-15-27-43(35)45(37)46-38(32-30-36-18-14-16-28-44(36)46)34-48(41-23-9-3-10-24-41)42-25-11-4-12-26-42/h3-26H,27-28H2,1-2H3;1-32H,33-34H2. The Kier molecular flexibility index (Phi) is 24.7. The molecular formula is C100H70F18P4. The summed E-state index contributed by atoms with van der Waals surface area (Å²) in [5.74, 6) is 0. The van der Waals surface area contributed by atoms with Crippen LogP contribution in [0.5, 0.6) is 0 Å². The number of benzene rings is 16. The molecule has 16 rings (SSSR count). The average Bonchev–Trinajstić information content (AvgIpc) is 0.742. The second-order valence-electron chi connectivity index (χ2n) is 29.6. The maximum atomic E-state index is 14.5. The first-order chi connectivity index (χ1) is 58.1. The Bertz CT molecular complexity index is 5940. The molecule has 0 aliphatic rings. The predicted molar refractivity (Wildman–Crippen MR) is 464 cm³/mol. The maximum absolute atomic E-state index is 14.5. The van der Waals surface area contributed by atoms with Crippen LogP contribution >= 0.6 is 31.7 Å². The first kappa shape index (κ1) is 86.0. The van der Waals surface area contributed by atoms with Crippen LogP contribution in [0, 0.1) is 13.8 Å². The smallest absolute Gasteiger partial charge is 0.166 e. The zero-order valence-corrected chi connectivity index (χ0v) is 68.3. The molecule has 0 saturated heterocycles. The van der Waals surface area contributed by atoms with Crippen LogP contribution in [0.15, 0.2) is 340 Å². The van der Waals surface area contributed by atoms with Crippen molar-refractivity contribution >= 4 is 117 Å². The molecule has 16 aromatic rings. The van der Waals surface area contributed by atoms with Crippen molar-refractivity contribution in [3.05, 3.63) is 406 Å². The van der Waals surface area contributed by atoms with Crippen molar-refractivity contribution in [3.8, 4) is 22.3 Å². The molecule has 0 aliphatic carbocycles. The van der Waals surface area contributed by atoms with Gasteiger partial charge in [0.1, 0.15) is 0 Å². The highest BCUT2D eigenvalue weighted by Gasteiger charge is 2.42. The lowest BCUT2D eigenvalue weighted by Crippen LogP contribution is -2.21. The van der Waals surface area contributed by atoms with Gasteiger partial charge in [0.2, 0.25) is 0 Å². The monoisotopic (exact) mass is 1740 g/mol. The number of aryl methyl sites for hydroxylation is 2. The lowest BCUT2D eigenvalue weighted by molar-refractivity contribution is -0.144. The Morgan fingerprint density at radius 1 is 0.180 bits per heavy atom. The summed E-state index contributed by atoms with van der Waals surface area (Å²) >= 11 is 0. The van der Waals surface area contributed by atoms with Gasteiger partial charge in [0.15, 0.2) is 0 Å². The molecule has 16 aromatic carbocycles. The van der Waals surface area contributed by atoms with Crippen LogP contribution in [0.3, 0.4) is 0 Å². The fraction of sp³-hybridized carbons (Fsp3) is 0.120. The van der Waals surface area contributed by atoms with E-state index in [0.29, 0.717) is 57.9 Å². The molecule has 0 spiro atoms. The molecule has 122 heavy (non-hydrogen) atoms. The van der Waals surface area contributed by atoms with Crippen molar-refractivity contribution in [2.24, 2.45) is 0 Å². The van der Waals surface area contributed by atoms with Gasteiger partial charge < -0.3 is 0 Å². The third-order valence-corrected chi connectivity index (χ3v) is 31.2. The zero-order chi connectivity index (χ0) is 86.2. The van der Waals surface area contributed by atoms with Gasteiger partial charge in [0.25, 0.3) is 0 Å². The van der Waals surface area contributed by atoms with Gasteiger partial charge in [-0.2, -0.15) is 79.0 Å². The highest BCUT2D eigenvalue weighted by atomic mass is 31.1. The van der Waals surface area contributed by atoms with Crippen LogP contribution in [0.1, 0.15) is 66.8 Å². The lowest BCUT2D eigenvalue weighted by Gasteiger charge is -2.27. The van der Waals surface area contributed by atoms with Crippen molar-refractivity contribution in [1.82, 2.24) is 0 Å². The third-order valence-electron chi connectivity index (χ3n) is 21.3. The Balaban J connectivity index is 0.000000207. The Morgan fingerprint density at radius 2 is 0.361 bits per heavy atom. The minimum atomic E-state index is -5.37. The van der Waals surface area contributed by atoms with Crippen molar-refractivity contribution in [2.75, 3.05) is 0 Å². The number of hydrogen-bond acceptors (Lipinski definition) is 0. The molecule has 0 amide bonds. The number of alkyl halides is 18. The van der Waals surface area contributed by atoms with Gasteiger partial charge in [-0.3, -0.25) is 0 Å². The molecule has 0 heterocycles. The predicted octanol–water partition coefficient (Wildman–Crippen LogP) is 28.6. The second-order valence-corrected chi connectivity index (χ2v) is 38.4. The van der Waals surface area contributed by atoms with Crippen molar-refractivity contribution in [1.29, 1.82) is 0 Å². The van der Waals surface area contributed by atoms with E-state index >= 15 is 0 Å². The van der Waals surface area contributed by atoms with E-state index in [9.17, 15) is 79.0 Å². The summed E-state index contributed by atoms with van der Waals surface area (Å²) in [5.41, 5.74) is -3.32. The summed E-state index contributed by atoms with van der Waals surface area (Å²) < 4.78 is 261.